The van der Waals surface area contributed by atoms with Crippen LogP contribution in [0.25, 0.3) is 10.9 Å². The molecule has 0 spiro atoms. The maximum Gasteiger partial charge on any atom is 0.258 e. The van der Waals surface area contributed by atoms with E-state index in [4.69, 9.17) is 0 Å². The molecule has 1 saturated carbocycles. The normalized spacial score (nSPS) is 15.3. The van der Waals surface area contributed by atoms with E-state index in [0.717, 1.165) is 23.7 Å². The molecule has 0 atom stereocenters. The van der Waals surface area contributed by atoms with E-state index in [1.54, 1.807) is 18.6 Å². The van der Waals surface area contributed by atoms with Crippen LogP contribution in [0.5, 0.6) is 0 Å². The third-order valence-corrected chi connectivity index (χ3v) is 4.98. The maximum absolute atomic E-state index is 12.6. The summed E-state index contributed by atoms with van der Waals surface area (Å²) in [7, 11) is 0. The van der Waals surface area contributed by atoms with Gasteiger partial charge in [-0.2, -0.15) is 0 Å². The van der Waals surface area contributed by atoms with Gasteiger partial charge >= 0.3 is 0 Å². The van der Waals surface area contributed by atoms with E-state index in [1.165, 1.54) is 25.7 Å². The molecule has 1 fully saturated rings. The van der Waals surface area contributed by atoms with Gasteiger partial charge < -0.3 is 10.6 Å². The number of pyridine rings is 1. The van der Waals surface area contributed by atoms with E-state index in [2.05, 4.69) is 25.6 Å². The molecule has 0 saturated heterocycles. The molecule has 2 aromatic heterocycles. The van der Waals surface area contributed by atoms with E-state index >= 15 is 0 Å². The average Bonchev–Trinajstić information content (AvgIpc) is 2.97. The predicted octanol–water partition coefficient (Wildman–Crippen LogP) is 4.41. The van der Waals surface area contributed by atoms with Gasteiger partial charge in [-0.1, -0.05) is 43.9 Å². The molecule has 27 heavy (non-hydrogen) atoms. The van der Waals surface area contributed by atoms with Crippen LogP contribution in [-0.2, 0) is 0 Å². The largest absolute Gasteiger partial charge is 0.351 e. The van der Waals surface area contributed by atoms with Crippen LogP contribution in [0.2, 0.25) is 0 Å². The Kier molecular flexibility index (Phi) is 5.23. The van der Waals surface area contributed by atoms with Crippen LogP contribution in [0.15, 0.2) is 48.9 Å². The van der Waals surface area contributed by atoms with Crippen molar-refractivity contribution in [1.82, 2.24) is 15.0 Å². The van der Waals surface area contributed by atoms with Crippen molar-refractivity contribution in [3.8, 4) is 0 Å². The van der Waals surface area contributed by atoms with Gasteiger partial charge in [0, 0.05) is 30.0 Å². The number of nitrogens with zero attached hydrogens (tertiary/aromatic N) is 3. The van der Waals surface area contributed by atoms with Crippen molar-refractivity contribution in [2.24, 2.45) is 0 Å². The Hall–Kier alpha value is -3.02. The molecule has 2 N–H and O–H groups in total. The number of amides is 1. The van der Waals surface area contributed by atoms with Gasteiger partial charge in [0.1, 0.15) is 0 Å². The van der Waals surface area contributed by atoms with Crippen molar-refractivity contribution in [2.75, 3.05) is 10.6 Å². The van der Waals surface area contributed by atoms with Gasteiger partial charge in [0.25, 0.3) is 5.91 Å². The van der Waals surface area contributed by atoms with Gasteiger partial charge in [-0.3, -0.25) is 9.78 Å². The van der Waals surface area contributed by atoms with Gasteiger partial charge in [0.15, 0.2) is 0 Å². The Labute approximate surface area is 158 Å². The molecule has 0 bridgehead atoms. The minimum Gasteiger partial charge on any atom is -0.351 e. The predicted molar refractivity (Wildman–Crippen MR) is 107 cm³/mol. The first kappa shape index (κ1) is 17.4. The van der Waals surface area contributed by atoms with Gasteiger partial charge in [-0.05, 0) is 25.0 Å². The number of rotatable bonds is 4. The lowest BCUT2D eigenvalue weighted by atomic mass is 10.1. The van der Waals surface area contributed by atoms with Crippen LogP contribution in [-0.4, -0.2) is 26.9 Å². The molecule has 1 aliphatic rings. The van der Waals surface area contributed by atoms with E-state index in [0.29, 0.717) is 23.2 Å². The molecular formula is C21H23N5O. The Morgan fingerprint density at radius 2 is 1.67 bits per heavy atom. The standard InChI is InChI=1S/C21H23N5O/c27-20(26-18-11-5-7-15-8-6-12-22-19(15)18)16-13-23-21(24-14-16)25-17-9-3-1-2-4-10-17/h5-8,11-14,17H,1-4,9-10H2,(H,26,27)(H,23,24,25). The molecule has 1 aliphatic carbocycles. The molecule has 0 radical (unpaired) electrons. The third kappa shape index (κ3) is 4.22. The summed E-state index contributed by atoms with van der Waals surface area (Å²) in [5.74, 6) is 0.347. The summed E-state index contributed by atoms with van der Waals surface area (Å²) >= 11 is 0. The minimum absolute atomic E-state index is 0.242. The Bertz CT molecular complexity index is 912. The highest BCUT2D eigenvalue weighted by Gasteiger charge is 2.14. The molecule has 1 aromatic carbocycles. The molecule has 6 heteroatoms. The van der Waals surface area contributed by atoms with Gasteiger partial charge in [-0.25, -0.2) is 9.97 Å². The number of aromatic nitrogens is 3. The monoisotopic (exact) mass is 361 g/mol. The SMILES string of the molecule is O=C(Nc1cccc2cccnc12)c1cnc(NC2CCCCCC2)nc1. The highest BCUT2D eigenvalue weighted by atomic mass is 16.1. The van der Waals surface area contributed by atoms with Crippen LogP contribution in [0.4, 0.5) is 11.6 Å². The van der Waals surface area contributed by atoms with Crippen molar-refractivity contribution >= 4 is 28.4 Å². The average molecular weight is 361 g/mol. The molecule has 3 aromatic rings. The molecule has 1 amide bonds. The van der Waals surface area contributed by atoms with Crippen LogP contribution >= 0.6 is 0 Å². The fourth-order valence-corrected chi connectivity index (χ4v) is 3.53. The summed E-state index contributed by atoms with van der Waals surface area (Å²) in [6, 6.07) is 9.98. The minimum atomic E-state index is -0.242. The van der Waals surface area contributed by atoms with Crippen molar-refractivity contribution in [3.05, 3.63) is 54.5 Å². The van der Waals surface area contributed by atoms with Crippen molar-refractivity contribution in [3.63, 3.8) is 0 Å². The van der Waals surface area contributed by atoms with E-state index in [9.17, 15) is 4.79 Å². The quantitative estimate of drug-likeness (QED) is 0.673. The first-order chi connectivity index (χ1) is 13.3. The van der Waals surface area contributed by atoms with Crippen molar-refractivity contribution in [1.29, 1.82) is 0 Å². The highest BCUT2D eigenvalue weighted by molar-refractivity contribution is 6.08. The number of benzene rings is 1. The zero-order valence-corrected chi connectivity index (χ0v) is 15.2. The van der Waals surface area contributed by atoms with E-state index < -0.39 is 0 Å². The van der Waals surface area contributed by atoms with E-state index in [1.807, 2.05) is 30.3 Å². The molecule has 2 heterocycles. The smallest absolute Gasteiger partial charge is 0.258 e. The Morgan fingerprint density at radius 1 is 0.926 bits per heavy atom. The fourth-order valence-electron chi connectivity index (χ4n) is 3.53. The van der Waals surface area contributed by atoms with Gasteiger partial charge in [0.05, 0.1) is 16.8 Å². The van der Waals surface area contributed by atoms with Crippen LogP contribution in [0.3, 0.4) is 0 Å². The van der Waals surface area contributed by atoms with Crippen molar-refractivity contribution < 1.29 is 4.79 Å². The molecule has 4 rings (SSSR count). The third-order valence-electron chi connectivity index (χ3n) is 4.98. The topological polar surface area (TPSA) is 79.8 Å². The lowest BCUT2D eigenvalue weighted by Crippen LogP contribution is -2.20. The number of anilines is 2. The molecule has 138 valence electrons. The van der Waals surface area contributed by atoms with Gasteiger partial charge in [0.2, 0.25) is 5.95 Å². The second-order valence-corrected chi connectivity index (χ2v) is 6.96. The first-order valence-electron chi connectivity index (χ1n) is 9.53. The lowest BCUT2D eigenvalue weighted by Gasteiger charge is -2.16. The summed E-state index contributed by atoms with van der Waals surface area (Å²) in [4.78, 5) is 25.6. The fraction of sp³-hybridized carbons (Fsp3) is 0.333. The number of hydrogen-bond acceptors (Lipinski definition) is 5. The summed E-state index contributed by atoms with van der Waals surface area (Å²) in [5, 5.41) is 7.29. The van der Waals surface area contributed by atoms with E-state index in [-0.39, 0.29) is 5.91 Å². The Balaban J connectivity index is 1.44. The highest BCUT2D eigenvalue weighted by Crippen LogP contribution is 2.22. The van der Waals surface area contributed by atoms with Crippen LogP contribution in [0, 0.1) is 0 Å². The zero-order chi connectivity index (χ0) is 18.5. The molecule has 0 unspecified atom stereocenters. The summed E-state index contributed by atoms with van der Waals surface area (Å²) in [6.07, 6.45) is 12.3. The molecule has 0 aliphatic heterocycles. The summed E-state index contributed by atoms with van der Waals surface area (Å²) < 4.78 is 0. The number of para-hydroxylation sites is 1. The lowest BCUT2D eigenvalue weighted by molar-refractivity contribution is 0.102. The zero-order valence-electron chi connectivity index (χ0n) is 15.2. The van der Waals surface area contributed by atoms with Gasteiger partial charge in [-0.15, -0.1) is 0 Å². The number of carbonyl (C=O) groups is 1. The van der Waals surface area contributed by atoms with Crippen molar-refractivity contribution in [2.45, 2.75) is 44.6 Å². The number of carbonyl (C=O) groups excluding carboxylic acids is 1. The Morgan fingerprint density at radius 3 is 2.44 bits per heavy atom. The summed E-state index contributed by atoms with van der Waals surface area (Å²) in [6.45, 7) is 0. The maximum atomic E-state index is 12.6. The summed E-state index contributed by atoms with van der Waals surface area (Å²) in [5.41, 5.74) is 1.87. The van der Waals surface area contributed by atoms with Crippen LogP contribution < -0.4 is 10.6 Å². The van der Waals surface area contributed by atoms with Crippen LogP contribution in [0.1, 0.15) is 48.9 Å². The number of nitrogens with one attached hydrogen (secondary N) is 2. The first-order valence-corrected chi connectivity index (χ1v) is 9.53. The molecule has 6 nitrogen and oxygen atoms in total. The number of fused-ring (bicyclic) bond motifs is 1. The second kappa shape index (κ2) is 8.12. The molecular weight excluding hydrogens is 338 g/mol. The second-order valence-electron chi connectivity index (χ2n) is 6.96. The number of hydrogen-bond donors (Lipinski definition) is 2.